The van der Waals surface area contributed by atoms with Crippen molar-refractivity contribution in [3.05, 3.63) is 24.7 Å². The first-order valence-electron chi connectivity index (χ1n) is 5.24. The topological polar surface area (TPSA) is 108 Å². The lowest BCUT2D eigenvalue weighted by Gasteiger charge is -2.06. The van der Waals surface area contributed by atoms with Gasteiger partial charge in [0.15, 0.2) is 5.03 Å². The first-order valence-corrected chi connectivity index (χ1v) is 6.73. The van der Waals surface area contributed by atoms with Gasteiger partial charge in [0.25, 0.3) is 10.0 Å². The van der Waals surface area contributed by atoms with Crippen molar-refractivity contribution >= 4 is 15.7 Å². The fourth-order valence-electron chi connectivity index (χ4n) is 1.50. The van der Waals surface area contributed by atoms with Gasteiger partial charge in [-0.2, -0.15) is 10.2 Å². The van der Waals surface area contributed by atoms with Gasteiger partial charge in [0.1, 0.15) is 0 Å². The van der Waals surface area contributed by atoms with Gasteiger partial charge in [-0.15, -0.1) is 0 Å². The van der Waals surface area contributed by atoms with Crippen LogP contribution in [0.5, 0.6) is 0 Å². The normalized spacial score (nSPS) is 11.8. The van der Waals surface area contributed by atoms with Gasteiger partial charge in [0, 0.05) is 19.8 Å². The number of aromatic nitrogens is 4. The van der Waals surface area contributed by atoms with E-state index < -0.39 is 10.0 Å². The van der Waals surface area contributed by atoms with Crippen molar-refractivity contribution in [2.24, 2.45) is 7.05 Å². The Bertz CT molecular complexity index is 629. The zero-order valence-corrected chi connectivity index (χ0v) is 10.6. The number of nitrogen functional groups attached to an aromatic ring is 1. The number of hydrogen-bond acceptors (Lipinski definition) is 5. The maximum atomic E-state index is 11.9. The fourth-order valence-corrected chi connectivity index (χ4v) is 2.64. The summed E-state index contributed by atoms with van der Waals surface area (Å²) in [6.45, 7) is 0.642. The van der Waals surface area contributed by atoms with Crippen molar-refractivity contribution in [1.82, 2.24) is 24.3 Å². The molecule has 2 heterocycles. The van der Waals surface area contributed by atoms with Gasteiger partial charge in [0.05, 0.1) is 24.6 Å². The molecule has 98 valence electrons. The van der Waals surface area contributed by atoms with Gasteiger partial charge in [0.2, 0.25) is 0 Å². The van der Waals surface area contributed by atoms with Crippen molar-refractivity contribution in [2.45, 2.75) is 11.6 Å². The Labute approximate surface area is 104 Å². The van der Waals surface area contributed by atoms with Gasteiger partial charge in [-0.05, 0) is 6.07 Å². The average Bonchev–Trinajstić information content (AvgIpc) is 2.87. The van der Waals surface area contributed by atoms with Crippen LogP contribution >= 0.6 is 0 Å². The fraction of sp³-hybridized carbons (Fsp3) is 0.333. The Morgan fingerprint density at radius 3 is 2.78 bits per heavy atom. The number of hydrogen-bond donors (Lipinski definition) is 2. The van der Waals surface area contributed by atoms with E-state index >= 15 is 0 Å². The van der Waals surface area contributed by atoms with Crippen LogP contribution in [0.25, 0.3) is 0 Å². The molecule has 2 aromatic heterocycles. The highest BCUT2D eigenvalue weighted by molar-refractivity contribution is 7.89. The van der Waals surface area contributed by atoms with E-state index in [1.165, 1.54) is 23.1 Å². The molecule has 8 nitrogen and oxygen atoms in total. The second-order valence-electron chi connectivity index (χ2n) is 3.73. The van der Waals surface area contributed by atoms with Crippen molar-refractivity contribution < 1.29 is 8.42 Å². The van der Waals surface area contributed by atoms with Crippen molar-refractivity contribution in [2.75, 3.05) is 12.3 Å². The molecule has 0 unspecified atom stereocenters. The van der Waals surface area contributed by atoms with Crippen LogP contribution in [0.15, 0.2) is 29.7 Å². The second-order valence-corrected chi connectivity index (χ2v) is 5.44. The summed E-state index contributed by atoms with van der Waals surface area (Å²) in [6, 6.07) is 1.44. The summed E-state index contributed by atoms with van der Waals surface area (Å²) in [5.74, 6) is 0. The summed E-state index contributed by atoms with van der Waals surface area (Å²) in [6.07, 6.45) is 4.58. The van der Waals surface area contributed by atoms with E-state index in [9.17, 15) is 8.42 Å². The van der Waals surface area contributed by atoms with Crippen molar-refractivity contribution in [1.29, 1.82) is 0 Å². The first kappa shape index (κ1) is 12.6. The average molecular weight is 270 g/mol. The minimum absolute atomic E-state index is 0.127. The Morgan fingerprint density at radius 2 is 2.22 bits per heavy atom. The van der Waals surface area contributed by atoms with E-state index in [0.717, 1.165) is 0 Å². The SMILES string of the molecule is Cn1nccc1S(=O)(=O)NCCn1cc(N)cn1. The van der Waals surface area contributed by atoms with E-state index in [2.05, 4.69) is 14.9 Å². The molecule has 18 heavy (non-hydrogen) atoms. The largest absolute Gasteiger partial charge is 0.396 e. The van der Waals surface area contributed by atoms with Gasteiger partial charge in [-0.1, -0.05) is 0 Å². The highest BCUT2D eigenvalue weighted by Gasteiger charge is 2.16. The number of aryl methyl sites for hydroxylation is 1. The third kappa shape index (κ3) is 2.68. The first-order chi connectivity index (χ1) is 8.49. The molecule has 2 rings (SSSR count). The van der Waals surface area contributed by atoms with Crippen LogP contribution < -0.4 is 10.5 Å². The molecule has 0 radical (unpaired) electrons. The number of sulfonamides is 1. The molecule has 0 saturated carbocycles. The van der Waals surface area contributed by atoms with Crippen LogP contribution in [0.4, 0.5) is 5.69 Å². The molecule has 3 N–H and O–H groups in total. The molecule has 0 fully saturated rings. The maximum absolute atomic E-state index is 11.9. The highest BCUT2D eigenvalue weighted by Crippen LogP contribution is 2.05. The molecule has 0 aromatic carbocycles. The van der Waals surface area contributed by atoms with Gasteiger partial charge in [-0.3, -0.25) is 9.36 Å². The zero-order chi connectivity index (χ0) is 13.2. The van der Waals surface area contributed by atoms with Crippen LogP contribution in [-0.2, 0) is 23.6 Å². The molecule has 0 aliphatic heterocycles. The quantitative estimate of drug-likeness (QED) is 0.738. The Hall–Kier alpha value is -1.87. The second kappa shape index (κ2) is 4.78. The summed E-state index contributed by atoms with van der Waals surface area (Å²) in [5.41, 5.74) is 6.05. The molecule has 0 amide bonds. The lowest BCUT2D eigenvalue weighted by molar-refractivity contribution is 0.547. The lowest BCUT2D eigenvalue weighted by Crippen LogP contribution is -2.29. The highest BCUT2D eigenvalue weighted by atomic mass is 32.2. The number of rotatable bonds is 5. The predicted molar refractivity (Wildman–Crippen MR) is 65.0 cm³/mol. The zero-order valence-electron chi connectivity index (χ0n) is 9.81. The van der Waals surface area contributed by atoms with Crippen LogP contribution in [0, 0.1) is 0 Å². The third-order valence-corrected chi connectivity index (χ3v) is 3.87. The maximum Gasteiger partial charge on any atom is 0.257 e. The summed E-state index contributed by atoms with van der Waals surface area (Å²) in [7, 11) is -1.96. The molecular formula is C9H14N6O2S. The van der Waals surface area contributed by atoms with Gasteiger partial charge < -0.3 is 5.73 Å². The Kier molecular flexibility index (Phi) is 3.34. The number of nitrogens with one attached hydrogen (secondary N) is 1. The molecular weight excluding hydrogens is 256 g/mol. The number of nitrogens with two attached hydrogens (primary N) is 1. The lowest BCUT2D eigenvalue weighted by atomic mass is 10.6. The number of nitrogens with zero attached hydrogens (tertiary/aromatic N) is 4. The molecule has 2 aromatic rings. The van der Waals surface area contributed by atoms with Crippen LogP contribution in [0.1, 0.15) is 0 Å². The molecule has 0 bridgehead atoms. The molecule has 0 saturated heterocycles. The van der Waals surface area contributed by atoms with Crippen molar-refractivity contribution in [3.63, 3.8) is 0 Å². The summed E-state index contributed by atoms with van der Waals surface area (Å²) < 4.78 is 29.1. The monoisotopic (exact) mass is 270 g/mol. The van der Waals surface area contributed by atoms with Crippen molar-refractivity contribution in [3.8, 4) is 0 Å². The third-order valence-electron chi connectivity index (χ3n) is 2.34. The standard InChI is InChI=1S/C9H14N6O2S/c1-14-9(2-3-11-14)18(16,17)13-4-5-15-7-8(10)6-12-15/h2-3,6-7,13H,4-5,10H2,1H3. The van der Waals surface area contributed by atoms with Crippen LogP contribution in [0.3, 0.4) is 0 Å². The predicted octanol–water partition coefficient (Wildman–Crippen LogP) is -0.823. The van der Waals surface area contributed by atoms with Gasteiger partial charge >= 0.3 is 0 Å². The Morgan fingerprint density at radius 1 is 1.44 bits per heavy atom. The van der Waals surface area contributed by atoms with E-state index in [1.807, 2.05) is 0 Å². The van der Waals surface area contributed by atoms with E-state index in [0.29, 0.717) is 12.2 Å². The van der Waals surface area contributed by atoms with Crippen LogP contribution in [-0.4, -0.2) is 34.5 Å². The molecule has 0 aliphatic carbocycles. The summed E-state index contributed by atoms with van der Waals surface area (Å²) in [5, 5.41) is 7.90. The summed E-state index contributed by atoms with van der Waals surface area (Å²) >= 11 is 0. The molecule has 0 spiro atoms. The van der Waals surface area contributed by atoms with Crippen LogP contribution in [0.2, 0.25) is 0 Å². The van der Waals surface area contributed by atoms with E-state index in [4.69, 9.17) is 5.73 Å². The minimum Gasteiger partial charge on any atom is -0.396 e. The number of anilines is 1. The van der Waals surface area contributed by atoms with E-state index in [1.54, 1.807) is 17.9 Å². The smallest absolute Gasteiger partial charge is 0.257 e. The molecule has 0 aliphatic rings. The molecule has 9 heteroatoms. The van der Waals surface area contributed by atoms with Gasteiger partial charge in [-0.25, -0.2) is 13.1 Å². The minimum atomic E-state index is -3.53. The van der Waals surface area contributed by atoms with E-state index in [-0.39, 0.29) is 11.6 Å². The summed E-state index contributed by atoms with van der Waals surface area (Å²) in [4.78, 5) is 0. The Balaban J connectivity index is 1.96. The molecule has 0 atom stereocenters.